The highest BCUT2D eigenvalue weighted by Crippen LogP contribution is 2.55. The van der Waals surface area contributed by atoms with Gasteiger partial charge < -0.3 is 14.5 Å². The van der Waals surface area contributed by atoms with Gasteiger partial charge in [0, 0.05) is 72.5 Å². The summed E-state index contributed by atoms with van der Waals surface area (Å²) in [6, 6.07) is 9.84. The zero-order valence-electron chi connectivity index (χ0n) is 24.4. The van der Waals surface area contributed by atoms with E-state index < -0.39 is 0 Å². The van der Waals surface area contributed by atoms with Gasteiger partial charge in [0.1, 0.15) is 5.69 Å². The second-order valence-corrected chi connectivity index (χ2v) is 12.1. The quantitative estimate of drug-likeness (QED) is 0.278. The Labute approximate surface area is 250 Å². The Hall–Kier alpha value is -3.95. The Morgan fingerprint density at radius 2 is 1.93 bits per heavy atom. The number of aryl methyl sites for hydroxylation is 1. The predicted octanol–water partition coefficient (Wildman–Crippen LogP) is 5.43. The molecular weight excluding hydrogens is 552 g/mol. The summed E-state index contributed by atoms with van der Waals surface area (Å²) < 4.78 is 7.26. The van der Waals surface area contributed by atoms with Gasteiger partial charge in [0.05, 0.1) is 29.4 Å². The highest BCUT2D eigenvalue weighted by molar-refractivity contribution is 6.36. The van der Waals surface area contributed by atoms with Gasteiger partial charge in [-0.25, -0.2) is 0 Å². The number of hydrogen-bond donors (Lipinski definition) is 1. The second-order valence-electron chi connectivity index (χ2n) is 11.7. The van der Waals surface area contributed by atoms with Crippen LogP contribution in [0.25, 0.3) is 33.3 Å². The van der Waals surface area contributed by atoms with E-state index in [1.54, 1.807) is 19.1 Å². The van der Waals surface area contributed by atoms with Gasteiger partial charge in [-0.1, -0.05) is 30.3 Å². The lowest BCUT2D eigenvalue weighted by molar-refractivity contribution is -0.149. The van der Waals surface area contributed by atoms with Gasteiger partial charge in [-0.3, -0.25) is 19.4 Å². The SMILES string of the molecule is C=CC(=O)N1CC2(CC(n3nc(-c4ccc(C(=O)N(C)CCOC)cc4)c(-c4c(Cl)c(C)cc5[nH]ncc45)c3C)C2)C1. The van der Waals surface area contributed by atoms with Gasteiger partial charge >= 0.3 is 0 Å². The number of likely N-dealkylation sites (tertiary alicyclic amines) is 1. The average molecular weight is 587 g/mol. The van der Waals surface area contributed by atoms with E-state index in [9.17, 15) is 9.59 Å². The van der Waals surface area contributed by atoms with E-state index in [4.69, 9.17) is 21.4 Å². The maximum Gasteiger partial charge on any atom is 0.253 e. The van der Waals surface area contributed by atoms with E-state index >= 15 is 0 Å². The van der Waals surface area contributed by atoms with Gasteiger partial charge in [-0.2, -0.15) is 10.2 Å². The van der Waals surface area contributed by atoms with Crippen molar-refractivity contribution in [1.82, 2.24) is 29.8 Å². The van der Waals surface area contributed by atoms with Crippen molar-refractivity contribution in [3.8, 4) is 22.4 Å². The summed E-state index contributed by atoms with van der Waals surface area (Å²) in [6.45, 7) is 10.2. The van der Waals surface area contributed by atoms with Crippen LogP contribution in [0.2, 0.25) is 5.02 Å². The minimum Gasteiger partial charge on any atom is -0.383 e. The molecule has 2 fully saturated rings. The number of carbonyl (C=O) groups excluding carboxylic acids is 2. The van der Waals surface area contributed by atoms with Crippen LogP contribution in [0.4, 0.5) is 0 Å². The van der Waals surface area contributed by atoms with E-state index in [-0.39, 0.29) is 23.3 Å². The number of halogens is 1. The zero-order valence-corrected chi connectivity index (χ0v) is 25.2. The smallest absolute Gasteiger partial charge is 0.253 e. The molecule has 0 bridgehead atoms. The number of ether oxygens (including phenoxy) is 1. The molecule has 6 rings (SSSR count). The van der Waals surface area contributed by atoms with Gasteiger partial charge in [-0.15, -0.1) is 0 Å². The minimum absolute atomic E-state index is 0.00560. The summed E-state index contributed by atoms with van der Waals surface area (Å²) in [7, 11) is 3.39. The molecule has 3 heterocycles. The third kappa shape index (κ3) is 4.61. The normalized spacial score (nSPS) is 16.0. The van der Waals surface area contributed by atoms with Gasteiger partial charge in [0.25, 0.3) is 5.91 Å². The molecule has 0 radical (unpaired) electrons. The summed E-state index contributed by atoms with van der Waals surface area (Å²) in [4.78, 5) is 28.5. The van der Waals surface area contributed by atoms with Gasteiger partial charge in [0.15, 0.2) is 0 Å². The van der Waals surface area contributed by atoms with Crippen LogP contribution in [0, 0.1) is 19.3 Å². The number of H-pyrrole nitrogens is 1. The number of benzene rings is 2. The molecule has 2 aliphatic rings. The van der Waals surface area contributed by atoms with E-state index in [1.807, 2.05) is 48.4 Å². The molecule has 2 aromatic carbocycles. The van der Waals surface area contributed by atoms with Crippen molar-refractivity contribution in [2.24, 2.45) is 5.41 Å². The number of likely N-dealkylation sites (N-methyl/N-ethyl adjacent to an activating group) is 1. The average Bonchev–Trinajstić information content (AvgIpc) is 3.54. The number of carbonyl (C=O) groups is 2. The Balaban J connectivity index is 1.39. The maximum absolute atomic E-state index is 13.0. The van der Waals surface area contributed by atoms with E-state index in [0.717, 1.165) is 70.5 Å². The van der Waals surface area contributed by atoms with Crippen molar-refractivity contribution < 1.29 is 14.3 Å². The molecule has 1 saturated carbocycles. The fraction of sp³-hybridized carbons (Fsp3) is 0.375. The van der Waals surface area contributed by atoms with Crippen molar-refractivity contribution in [3.63, 3.8) is 0 Å². The third-order valence-electron chi connectivity index (χ3n) is 8.87. The summed E-state index contributed by atoms with van der Waals surface area (Å²) in [5, 5.41) is 14.2. The largest absolute Gasteiger partial charge is 0.383 e. The fourth-order valence-corrected chi connectivity index (χ4v) is 6.81. The van der Waals surface area contributed by atoms with Crippen LogP contribution in [0.3, 0.4) is 0 Å². The Bertz CT molecular complexity index is 1690. The monoisotopic (exact) mass is 586 g/mol. The molecule has 0 unspecified atom stereocenters. The molecule has 4 aromatic rings. The number of rotatable bonds is 8. The first-order valence-corrected chi connectivity index (χ1v) is 14.5. The molecule has 218 valence electrons. The van der Waals surface area contributed by atoms with Crippen LogP contribution in [-0.2, 0) is 9.53 Å². The molecule has 0 atom stereocenters. The third-order valence-corrected chi connectivity index (χ3v) is 9.36. The Kier molecular flexibility index (Phi) is 7.19. The lowest BCUT2D eigenvalue weighted by atomic mass is 9.60. The van der Waals surface area contributed by atoms with E-state index in [0.29, 0.717) is 23.7 Å². The molecule has 42 heavy (non-hydrogen) atoms. The molecule has 9 nitrogen and oxygen atoms in total. The lowest BCUT2D eigenvalue weighted by Gasteiger charge is -2.58. The van der Waals surface area contributed by atoms with E-state index in [1.165, 1.54) is 6.08 Å². The van der Waals surface area contributed by atoms with Crippen molar-refractivity contribution in [1.29, 1.82) is 0 Å². The van der Waals surface area contributed by atoms with Crippen molar-refractivity contribution in [2.45, 2.75) is 32.7 Å². The molecule has 1 N–H and O–H groups in total. The first-order valence-electron chi connectivity index (χ1n) is 14.1. The van der Waals surface area contributed by atoms with Crippen LogP contribution in [0.1, 0.15) is 40.5 Å². The van der Waals surface area contributed by atoms with Crippen LogP contribution < -0.4 is 0 Å². The minimum atomic E-state index is -0.0633. The lowest BCUT2D eigenvalue weighted by Crippen LogP contribution is -2.63. The summed E-state index contributed by atoms with van der Waals surface area (Å²) in [5.74, 6) is -0.0689. The topological polar surface area (TPSA) is 96.4 Å². The molecule has 1 saturated heterocycles. The van der Waals surface area contributed by atoms with Crippen molar-refractivity contribution in [3.05, 3.63) is 71.0 Å². The highest BCUT2D eigenvalue weighted by Gasteiger charge is 2.54. The predicted molar refractivity (Wildman–Crippen MR) is 164 cm³/mol. The number of nitrogens with one attached hydrogen (secondary N) is 1. The second kappa shape index (κ2) is 10.7. The van der Waals surface area contributed by atoms with Crippen molar-refractivity contribution >= 4 is 34.3 Å². The first kappa shape index (κ1) is 28.2. The Morgan fingerprint density at radius 3 is 2.60 bits per heavy atom. The van der Waals surface area contributed by atoms with Crippen LogP contribution in [-0.4, -0.2) is 82.0 Å². The maximum atomic E-state index is 13.0. The van der Waals surface area contributed by atoms with Gasteiger partial charge in [0.2, 0.25) is 5.91 Å². The van der Waals surface area contributed by atoms with Crippen LogP contribution in [0.5, 0.6) is 0 Å². The number of fused-ring (bicyclic) bond motifs is 1. The number of aromatic nitrogens is 4. The molecule has 1 spiro atoms. The van der Waals surface area contributed by atoms with Crippen molar-refractivity contribution in [2.75, 3.05) is 40.4 Å². The molecule has 1 aliphatic carbocycles. The summed E-state index contributed by atoms with van der Waals surface area (Å²) >= 11 is 7.03. The highest BCUT2D eigenvalue weighted by atomic mass is 35.5. The number of amides is 2. The number of methoxy groups -OCH3 is 1. The Morgan fingerprint density at radius 1 is 1.21 bits per heavy atom. The summed E-state index contributed by atoms with van der Waals surface area (Å²) in [6.07, 6.45) is 5.11. The fourth-order valence-electron chi connectivity index (χ4n) is 6.56. The number of nitrogens with zero attached hydrogens (tertiary/aromatic N) is 5. The molecule has 10 heteroatoms. The first-order chi connectivity index (χ1) is 20.2. The zero-order chi connectivity index (χ0) is 29.8. The van der Waals surface area contributed by atoms with E-state index in [2.05, 4.69) is 28.4 Å². The van der Waals surface area contributed by atoms with Crippen LogP contribution in [0.15, 0.2) is 49.2 Å². The molecular formula is C32H35ClN6O3. The summed E-state index contributed by atoms with van der Waals surface area (Å²) in [5.41, 5.74) is 7.22. The van der Waals surface area contributed by atoms with Gasteiger partial charge in [-0.05, 0) is 56.5 Å². The molecule has 1 aliphatic heterocycles. The van der Waals surface area contributed by atoms with Crippen LogP contribution >= 0.6 is 11.6 Å². The molecule has 2 amide bonds. The molecule has 2 aromatic heterocycles. The number of hydrogen-bond acceptors (Lipinski definition) is 5. The standard InChI is InChI=1S/C32H35ClN6O3/c1-6-26(40)38-17-32(18-38)14-23(15-32)39-20(3)27(28-24-16-34-35-25(24)13-19(2)29(28)33)30(36-39)21-7-9-22(10-8-21)31(41)37(4)11-12-42-5/h6-10,13,16,23H,1,11-12,14-15,17-18H2,2-5H3,(H,34,35). The number of aromatic amines is 1.